The van der Waals surface area contributed by atoms with Crippen molar-refractivity contribution >= 4 is 17.9 Å². The zero-order valence-electron chi connectivity index (χ0n) is 18.6. The van der Waals surface area contributed by atoms with E-state index < -0.39 is 0 Å². The summed E-state index contributed by atoms with van der Waals surface area (Å²) in [6.07, 6.45) is 2.38. The minimum atomic E-state index is 0.398. The van der Waals surface area contributed by atoms with Gasteiger partial charge in [-0.05, 0) is 35.9 Å². The van der Waals surface area contributed by atoms with E-state index in [2.05, 4.69) is 20.4 Å². The number of methoxy groups -OCH3 is 2. The zero-order chi connectivity index (χ0) is 23.5. The first-order valence-electron chi connectivity index (χ1n) is 10.5. The second kappa shape index (κ2) is 9.07. The molecule has 9 nitrogen and oxygen atoms in total. The molecule has 0 saturated carbocycles. The summed E-state index contributed by atoms with van der Waals surface area (Å²) in [5, 5.41) is 8.00. The van der Waals surface area contributed by atoms with Crippen LogP contribution in [0.25, 0.3) is 28.6 Å². The fourth-order valence-electron chi connectivity index (χ4n) is 3.61. The molecular formula is C25H21N5O4. The van der Waals surface area contributed by atoms with Gasteiger partial charge in [-0.25, -0.2) is 4.98 Å². The predicted molar refractivity (Wildman–Crippen MR) is 126 cm³/mol. The fourth-order valence-corrected chi connectivity index (χ4v) is 3.61. The van der Waals surface area contributed by atoms with Crippen molar-refractivity contribution in [1.29, 1.82) is 0 Å². The Hall–Kier alpha value is -4.66. The Morgan fingerprint density at radius 1 is 1.00 bits per heavy atom. The molecule has 3 aromatic heterocycles. The van der Waals surface area contributed by atoms with Crippen LogP contribution in [0, 0.1) is 0 Å². The van der Waals surface area contributed by atoms with Gasteiger partial charge in [-0.1, -0.05) is 24.3 Å². The number of anilines is 1. The Kier molecular flexibility index (Phi) is 5.65. The number of nitrogens with one attached hydrogen (secondary N) is 1. The zero-order valence-corrected chi connectivity index (χ0v) is 18.6. The molecule has 0 unspecified atom stereocenters. The molecule has 2 aromatic carbocycles. The molecule has 170 valence electrons. The summed E-state index contributed by atoms with van der Waals surface area (Å²) in [5.41, 5.74) is 3.00. The number of hydrogen-bond donors (Lipinski definition) is 1. The Bertz CT molecular complexity index is 1460. The minimum absolute atomic E-state index is 0.398. The van der Waals surface area contributed by atoms with Crippen molar-refractivity contribution < 1.29 is 18.7 Å². The summed E-state index contributed by atoms with van der Waals surface area (Å²) in [6, 6.07) is 18.4. The maximum Gasteiger partial charge on any atom is 0.255 e. The van der Waals surface area contributed by atoms with E-state index in [9.17, 15) is 4.79 Å². The third-order valence-electron chi connectivity index (χ3n) is 5.29. The first-order valence-corrected chi connectivity index (χ1v) is 10.5. The molecule has 0 aliphatic carbocycles. The van der Waals surface area contributed by atoms with Gasteiger partial charge in [-0.3, -0.25) is 4.79 Å². The highest BCUT2D eigenvalue weighted by Gasteiger charge is 2.15. The van der Waals surface area contributed by atoms with Crippen LogP contribution in [0.15, 0.2) is 71.3 Å². The summed E-state index contributed by atoms with van der Waals surface area (Å²) >= 11 is 0. The Labute approximate surface area is 195 Å². The molecule has 0 amide bonds. The second-order valence-corrected chi connectivity index (χ2v) is 7.44. The number of hydrogen-bond acceptors (Lipinski definition) is 8. The highest BCUT2D eigenvalue weighted by atomic mass is 16.5. The standard InChI is InChI=1S/C25H21N5O4/c1-32-20-9-8-16(12-22(20)33-2)14-26-23-13-19(18-6-3-5-17(11-18)15-31)27-25-28-24(29-30(23)25)21-7-4-10-34-21/h3-13,15,26H,14H2,1-2H3. The maximum absolute atomic E-state index is 11.3. The molecule has 0 bridgehead atoms. The van der Waals surface area contributed by atoms with Gasteiger partial charge in [-0.2, -0.15) is 9.50 Å². The Balaban J connectivity index is 1.56. The van der Waals surface area contributed by atoms with Crippen LogP contribution in [-0.2, 0) is 6.54 Å². The number of ether oxygens (including phenoxy) is 2. The Morgan fingerprint density at radius 3 is 2.65 bits per heavy atom. The molecule has 3 heterocycles. The lowest BCUT2D eigenvalue weighted by Crippen LogP contribution is -2.07. The largest absolute Gasteiger partial charge is 0.493 e. The molecule has 0 radical (unpaired) electrons. The van der Waals surface area contributed by atoms with E-state index in [1.54, 1.807) is 49.3 Å². The first-order chi connectivity index (χ1) is 16.7. The molecule has 0 fully saturated rings. The van der Waals surface area contributed by atoms with Crippen molar-refractivity contribution in [2.24, 2.45) is 0 Å². The molecular weight excluding hydrogens is 434 g/mol. The first kappa shape index (κ1) is 21.2. The van der Waals surface area contributed by atoms with Crippen LogP contribution in [-0.4, -0.2) is 40.1 Å². The fraction of sp³-hybridized carbons (Fsp3) is 0.120. The van der Waals surface area contributed by atoms with Crippen molar-refractivity contribution in [2.45, 2.75) is 6.54 Å². The highest BCUT2D eigenvalue weighted by Crippen LogP contribution is 2.29. The van der Waals surface area contributed by atoms with Crippen LogP contribution in [0.2, 0.25) is 0 Å². The van der Waals surface area contributed by atoms with Gasteiger partial charge < -0.3 is 19.2 Å². The average molecular weight is 455 g/mol. The van der Waals surface area contributed by atoms with Gasteiger partial charge in [0.15, 0.2) is 17.3 Å². The number of benzene rings is 2. The molecule has 0 atom stereocenters. The van der Waals surface area contributed by atoms with Crippen LogP contribution in [0.4, 0.5) is 5.82 Å². The van der Waals surface area contributed by atoms with Crippen molar-refractivity contribution in [3.8, 4) is 34.3 Å². The summed E-state index contributed by atoms with van der Waals surface area (Å²) in [6.45, 7) is 0.489. The van der Waals surface area contributed by atoms with E-state index in [-0.39, 0.29) is 0 Å². The highest BCUT2D eigenvalue weighted by molar-refractivity contribution is 5.79. The van der Waals surface area contributed by atoms with Crippen molar-refractivity contribution in [3.05, 3.63) is 78.1 Å². The van der Waals surface area contributed by atoms with Gasteiger partial charge in [-0.15, -0.1) is 5.10 Å². The van der Waals surface area contributed by atoms with E-state index in [0.717, 1.165) is 17.4 Å². The number of aromatic nitrogens is 4. The molecule has 9 heteroatoms. The van der Waals surface area contributed by atoms with E-state index >= 15 is 0 Å². The molecule has 0 aliphatic rings. The minimum Gasteiger partial charge on any atom is -0.493 e. The van der Waals surface area contributed by atoms with E-state index in [1.165, 1.54) is 0 Å². The van der Waals surface area contributed by atoms with Crippen LogP contribution < -0.4 is 14.8 Å². The van der Waals surface area contributed by atoms with Gasteiger partial charge >= 0.3 is 0 Å². The summed E-state index contributed by atoms with van der Waals surface area (Å²) in [7, 11) is 3.21. The second-order valence-electron chi connectivity index (χ2n) is 7.44. The van der Waals surface area contributed by atoms with Crippen LogP contribution in [0.3, 0.4) is 0 Å². The number of rotatable bonds is 8. The monoisotopic (exact) mass is 455 g/mol. The van der Waals surface area contributed by atoms with Crippen molar-refractivity contribution in [1.82, 2.24) is 19.6 Å². The molecule has 5 rings (SSSR count). The molecule has 5 aromatic rings. The van der Waals surface area contributed by atoms with Gasteiger partial charge in [0.2, 0.25) is 5.82 Å². The predicted octanol–water partition coefficient (Wildman–Crippen LogP) is 4.49. The summed E-state index contributed by atoms with van der Waals surface area (Å²) in [4.78, 5) is 20.5. The number of carbonyl (C=O) groups excluding carboxylic acids is 1. The average Bonchev–Trinajstić information content (AvgIpc) is 3.57. The summed E-state index contributed by atoms with van der Waals surface area (Å²) < 4.78 is 17.8. The molecule has 0 saturated heterocycles. The SMILES string of the molecule is COc1ccc(CNc2cc(-c3cccc(C=O)c3)nc3nc(-c4ccco4)nn23)cc1OC. The maximum atomic E-state index is 11.3. The summed E-state index contributed by atoms with van der Waals surface area (Å²) in [5.74, 6) is 3.35. The van der Waals surface area contributed by atoms with Crippen LogP contribution in [0.5, 0.6) is 11.5 Å². The lowest BCUT2D eigenvalue weighted by atomic mass is 10.1. The van der Waals surface area contributed by atoms with Gasteiger partial charge in [0.1, 0.15) is 12.1 Å². The van der Waals surface area contributed by atoms with Gasteiger partial charge in [0, 0.05) is 23.7 Å². The lowest BCUT2D eigenvalue weighted by molar-refractivity contribution is 0.112. The smallest absolute Gasteiger partial charge is 0.255 e. The third kappa shape index (κ3) is 4.06. The number of furan rings is 1. The van der Waals surface area contributed by atoms with Gasteiger partial charge in [0.25, 0.3) is 5.78 Å². The van der Waals surface area contributed by atoms with E-state index in [4.69, 9.17) is 13.9 Å². The lowest BCUT2D eigenvalue weighted by Gasteiger charge is -2.12. The molecule has 34 heavy (non-hydrogen) atoms. The van der Waals surface area contributed by atoms with Crippen molar-refractivity contribution in [3.63, 3.8) is 0 Å². The quantitative estimate of drug-likeness (QED) is 0.341. The number of aldehydes is 1. The van der Waals surface area contributed by atoms with E-state index in [0.29, 0.717) is 52.5 Å². The molecule has 0 aliphatic heterocycles. The number of carbonyl (C=O) groups is 1. The van der Waals surface area contributed by atoms with Crippen LogP contribution >= 0.6 is 0 Å². The molecule has 0 spiro atoms. The van der Waals surface area contributed by atoms with E-state index in [1.807, 2.05) is 36.4 Å². The Morgan fingerprint density at radius 2 is 1.88 bits per heavy atom. The number of fused-ring (bicyclic) bond motifs is 1. The van der Waals surface area contributed by atoms with Crippen molar-refractivity contribution in [2.75, 3.05) is 19.5 Å². The normalized spacial score (nSPS) is 10.9. The molecule has 1 N–H and O–H groups in total. The third-order valence-corrected chi connectivity index (χ3v) is 5.29. The number of nitrogens with zero attached hydrogens (tertiary/aromatic N) is 4. The van der Waals surface area contributed by atoms with Crippen LogP contribution in [0.1, 0.15) is 15.9 Å². The van der Waals surface area contributed by atoms with Gasteiger partial charge in [0.05, 0.1) is 26.2 Å². The topological polar surface area (TPSA) is 104 Å².